The molecule has 9 heteroatoms. The highest BCUT2D eigenvalue weighted by molar-refractivity contribution is 6.32. The number of hydrogen-bond acceptors (Lipinski definition) is 4. The first-order valence-electron chi connectivity index (χ1n) is 6.33. The molecular weight excluding hydrogens is 307 g/mol. The third kappa shape index (κ3) is 3.16. The molecule has 0 unspecified atom stereocenters. The van der Waals surface area contributed by atoms with Crippen molar-refractivity contribution < 1.29 is 13.2 Å². The summed E-state index contributed by atoms with van der Waals surface area (Å²) in [4.78, 5) is 0. The van der Waals surface area contributed by atoms with Crippen molar-refractivity contribution >= 4 is 11.6 Å². The minimum Gasteiger partial charge on any atom is -0.307 e. The largest absolute Gasteiger partial charge is 0.416 e. The topological polar surface area (TPSA) is 55.6 Å². The van der Waals surface area contributed by atoms with Crippen LogP contribution >= 0.6 is 11.6 Å². The van der Waals surface area contributed by atoms with E-state index in [2.05, 4.69) is 20.8 Å². The lowest BCUT2D eigenvalue weighted by molar-refractivity contribution is -0.137. The van der Waals surface area contributed by atoms with Crippen LogP contribution in [0.5, 0.6) is 0 Å². The van der Waals surface area contributed by atoms with Gasteiger partial charge in [0.25, 0.3) is 0 Å². The van der Waals surface area contributed by atoms with E-state index in [1.165, 1.54) is 10.7 Å². The van der Waals surface area contributed by atoms with Gasteiger partial charge in [-0.15, -0.1) is 5.10 Å². The van der Waals surface area contributed by atoms with Crippen molar-refractivity contribution in [2.75, 3.05) is 0 Å². The summed E-state index contributed by atoms with van der Waals surface area (Å²) in [6.07, 6.45) is -2.20. The van der Waals surface area contributed by atoms with Crippen molar-refractivity contribution in [2.24, 2.45) is 0 Å². The molecule has 0 saturated heterocycles. The maximum atomic E-state index is 12.6. The number of aromatic nitrogens is 4. The fraction of sp³-hybridized carbons (Fsp3) is 0.417. The second-order valence-corrected chi connectivity index (χ2v) is 5.23. The summed E-state index contributed by atoms with van der Waals surface area (Å²) < 4.78 is 39.2. The summed E-state index contributed by atoms with van der Waals surface area (Å²) in [7, 11) is 0. The Kier molecular flexibility index (Phi) is 3.58. The molecular formula is C12H11ClF3N5. The Labute approximate surface area is 123 Å². The zero-order valence-corrected chi connectivity index (χ0v) is 11.5. The highest BCUT2D eigenvalue weighted by Gasteiger charge is 2.31. The van der Waals surface area contributed by atoms with Crippen molar-refractivity contribution in [2.45, 2.75) is 31.6 Å². The third-order valence-corrected chi connectivity index (χ3v) is 3.47. The Morgan fingerprint density at radius 1 is 1.33 bits per heavy atom. The molecule has 0 radical (unpaired) electrons. The van der Waals surface area contributed by atoms with E-state index >= 15 is 0 Å². The van der Waals surface area contributed by atoms with Crippen LogP contribution in [0.15, 0.2) is 18.2 Å². The molecule has 112 valence electrons. The summed E-state index contributed by atoms with van der Waals surface area (Å²) in [6.45, 7) is 0.440. The Morgan fingerprint density at radius 3 is 2.71 bits per heavy atom. The van der Waals surface area contributed by atoms with Gasteiger partial charge in [0.1, 0.15) is 0 Å². The molecule has 21 heavy (non-hydrogen) atoms. The van der Waals surface area contributed by atoms with E-state index in [0.717, 1.165) is 25.0 Å². The fourth-order valence-electron chi connectivity index (χ4n) is 1.88. The monoisotopic (exact) mass is 317 g/mol. The number of benzene rings is 1. The molecule has 0 spiro atoms. The van der Waals surface area contributed by atoms with Crippen LogP contribution in [0.4, 0.5) is 13.2 Å². The maximum Gasteiger partial charge on any atom is 0.416 e. The lowest BCUT2D eigenvalue weighted by Crippen LogP contribution is -2.19. The van der Waals surface area contributed by atoms with E-state index in [0.29, 0.717) is 24.1 Å². The van der Waals surface area contributed by atoms with E-state index < -0.39 is 11.7 Å². The second-order valence-electron chi connectivity index (χ2n) is 4.83. The summed E-state index contributed by atoms with van der Waals surface area (Å²) in [6, 6.07) is 3.57. The highest BCUT2D eigenvalue weighted by atomic mass is 35.5. The molecule has 0 aliphatic heterocycles. The second kappa shape index (κ2) is 5.27. The van der Waals surface area contributed by atoms with Crippen molar-refractivity contribution in [3.05, 3.63) is 34.6 Å². The van der Waals surface area contributed by atoms with Gasteiger partial charge in [0.2, 0.25) is 0 Å². The quantitative estimate of drug-likeness (QED) is 0.941. The first-order chi connectivity index (χ1) is 9.95. The smallest absolute Gasteiger partial charge is 0.307 e. The van der Waals surface area contributed by atoms with Crippen LogP contribution < -0.4 is 5.32 Å². The minimum atomic E-state index is -4.43. The normalized spacial score (nSPS) is 15.4. The van der Waals surface area contributed by atoms with Gasteiger partial charge in [0.15, 0.2) is 5.82 Å². The molecule has 2 aromatic rings. The molecule has 3 rings (SSSR count). The van der Waals surface area contributed by atoms with E-state index in [4.69, 9.17) is 11.6 Å². The Balaban J connectivity index is 1.88. The van der Waals surface area contributed by atoms with Gasteiger partial charge in [-0.3, -0.25) is 0 Å². The molecule has 1 heterocycles. The van der Waals surface area contributed by atoms with Crippen LogP contribution in [0.2, 0.25) is 5.02 Å². The van der Waals surface area contributed by atoms with Gasteiger partial charge in [-0.1, -0.05) is 11.6 Å². The predicted octanol–water partition coefficient (Wildman–Crippen LogP) is 2.59. The molecule has 0 atom stereocenters. The van der Waals surface area contributed by atoms with Crippen LogP contribution in [0, 0.1) is 0 Å². The van der Waals surface area contributed by atoms with Gasteiger partial charge in [-0.25, -0.2) is 0 Å². The van der Waals surface area contributed by atoms with Crippen LogP contribution in [0.25, 0.3) is 5.69 Å². The molecule has 5 nitrogen and oxygen atoms in total. The molecule has 1 aromatic heterocycles. The van der Waals surface area contributed by atoms with Gasteiger partial charge in [-0.05, 0) is 41.5 Å². The molecule has 1 fully saturated rings. The Morgan fingerprint density at radius 2 is 2.10 bits per heavy atom. The first kappa shape index (κ1) is 14.3. The molecule has 1 aromatic carbocycles. The average Bonchev–Trinajstić information content (AvgIpc) is 3.13. The average molecular weight is 318 g/mol. The number of alkyl halides is 3. The molecule has 1 aliphatic rings. The Hall–Kier alpha value is -1.67. The van der Waals surface area contributed by atoms with E-state index in [1.807, 2.05) is 0 Å². The SMILES string of the molecule is FC(F)(F)c1ccc(-n2nnnc2CNC2CC2)c(Cl)c1. The number of nitrogens with zero attached hydrogens (tertiary/aromatic N) is 4. The van der Waals surface area contributed by atoms with Crippen molar-refractivity contribution in [1.29, 1.82) is 0 Å². The number of tetrazole rings is 1. The summed E-state index contributed by atoms with van der Waals surface area (Å²) in [5.74, 6) is 0.503. The fourth-order valence-corrected chi connectivity index (χ4v) is 2.14. The van der Waals surface area contributed by atoms with Gasteiger partial charge in [-0.2, -0.15) is 17.9 Å². The van der Waals surface area contributed by atoms with Crippen molar-refractivity contribution in [3.63, 3.8) is 0 Å². The highest BCUT2D eigenvalue weighted by Crippen LogP contribution is 2.33. The maximum absolute atomic E-state index is 12.6. The number of nitrogens with one attached hydrogen (secondary N) is 1. The molecule has 1 saturated carbocycles. The van der Waals surface area contributed by atoms with Crippen LogP contribution in [-0.2, 0) is 12.7 Å². The number of halogens is 4. The summed E-state index contributed by atoms with van der Waals surface area (Å²) >= 11 is 5.94. The van der Waals surface area contributed by atoms with Crippen molar-refractivity contribution in [3.8, 4) is 5.69 Å². The summed E-state index contributed by atoms with van der Waals surface area (Å²) in [5, 5.41) is 14.4. The predicted molar refractivity (Wildman–Crippen MR) is 69.0 cm³/mol. The minimum absolute atomic E-state index is 0.0511. The first-order valence-corrected chi connectivity index (χ1v) is 6.71. The van der Waals surface area contributed by atoms with Gasteiger partial charge in [0, 0.05) is 6.04 Å². The molecule has 1 aliphatic carbocycles. The third-order valence-electron chi connectivity index (χ3n) is 3.16. The number of rotatable bonds is 4. The van der Waals surface area contributed by atoms with Gasteiger partial charge in [0.05, 0.1) is 22.8 Å². The standard InChI is InChI=1S/C12H11ClF3N5/c13-9-5-7(12(14,15)16)1-4-10(9)21-11(18-19-20-21)6-17-8-2-3-8/h1,4-5,8,17H,2-3,6H2. The molecule has 0 amide bonds. The van der Waals surface area contributed by atoms with Crippen molar-refractivity contribution in [1.82, 2.24) is 25.5 Å². The molecule has 1 N–H and O–H groups in total. The van der Waals surface area contributed by atoms with Gasteiger partial charge < -0.3 is 5.32 Å². The van der Waals surface area contributed by atoms with E-state index in [1.54, 1.807) is 0 Å². The van der Waals surface area contributed by atoms with Gasteiger partial charge >= 0.3 is 6.18 Å². The Bertz CT molecular complexity index is 651. The number of hydrogen-bond donors (Lipinski definition) is 1. The lowest BCUT2D eigenvalue weighted by atomic mass is 10.2. The molecule has 0 bridgehead atoms. The summed E-state index contributed by atoms with van der Waals surface area (Å²) in [5.41, 5.74) is -0.482. The zero-order valence-electron chi connectivity index (χ0n) is 10.7. The van der Waals surface area contributed by atoms with E-state index in [-0.39, 0.29) is 5.02 Å². The van der Waals surface area contributed by atoms with Crippen LogP contribution in [0.1, 0.15) is 24.2 Å². The zero-order chi connectivity index (χ0) is 15.0. The van der Waals surface area contributed by atoms with E-state index in [9.17, 15) is 13.2 Å². The van der Waals surface area contributed by atoms with Crippen LogP contribution in [0.3, 0.4) is 0 Å². The van der Waals surface area contributed by atoms with Crippen LogP contribution in [-0.4, -0.2) is 26.2 Å². The lowest BCUT2D eigenvalue weighted by Gasteiger charge is -2.11.